The Balaban J connectivity index is 2.15. The molecule has 2 rings (SSSR count). The first kappa shape index (κ1) is 7.56. The van der Waals surface area contributed by atoms with Crippen LogP contribution in [0.1, 0.15) is 32.6 Å². The molecule has 2 heteroatoms. The number of nitrogens with two attached hydrogens (primary N) is 1. The summed E-state index contributed by atoms with van der Waals surface area (Å²) in [6.45, 7) is 2.98. The molecule has 2 aliphatic rings. The lowest BCUT2D eigenvalue weighted by molar-refractivity contribution is 0.0349. The first-order chi connectivity index (χ1) is 5.27. The molecule has 1 saturated carbocycles. The highest BCUT2D eigenvalue weighted by Gasteiger charge is 2.48. The van der Waals surface area contributed by atoms with Crippen LogP contribution in [-0.2, 0) is 4.74 Å². The van der Waals surface area contributed by atoms with E-state index in [1.807, 2.05) is 0 Å². The van der Waals surface area contributed by atoms with Gasteiger partial charge in [-0.3, -0.25) is 0 Å². The maximum atomic E-state index is 5.80. The van der Waals surface area contributed by atoms with Crippen LogP contribution in [0.5, 0.6) is 0 Å². The van der Waals surface area contributed by atoms with Gasteiger partial charge >= 0.3 is 0 Å². The predicted molar refractivity (Wildman–Crippen MR) is 44.3 cm³/mol. The fourth-order valence-electron chi connectivity index (χ4n) is 2.77. The fraction of sp³-hybridized carbons (Fsp3) is 1.00. The number of rotatable bonds is 1. The van der Waals surface area contributed by atoms with Crippen molar-refractivity contribution >= 4 is 0 Å². The fourth-order valence-corrected chi connectivity index (χ4v) is 2.77. The summed E-state index contributed by atoms with van der Waals surface area (Å²) in [5.74, 6) is 0. The summed E-state index contributed by atoms with van der Waals surface area (Å²) in [5.41, 5.74) is 6.17. The maximum Gasteiger partial charge on any atom is 0.0648 e. The van der Waals surface area contributed by atoms with Gasteiger partial charge in [0.15, 0.2) is 0 Å². The largest absolute Gasteiger partial charge is 0.375 e. The van der Waals surface area contributed by atoms with Gasteiger partial charge in [-0.25, -0.2) is 0 Å². The van der Waals surface area contributed by atoms with Crippen molar-refractivity contribution in [2.45, 2.75) is 44.8 Å². The highest BCUT2D eigenvalue weighted by Crippen LogP contribution is 2.48. The SMILES string of the molecule is C[C@@H]1C[C@@]2(CN)CCC[C@@H]2O1. The quantitative estimate of drug-likeness (QED) is 0.619. The van der Waals surface area contributed by atoms with Crippen LogP contribution < -0.4 is 5.73 Å². The molecule has 0 bridgehead atoms. The number of fused-ring (bicyclic) bond motifs is 1. The van der Waals surface area contributed by atoms with Gasteiger partial charge in [0.05, 0.1) is 12.2 Å². The summed E-state index contributed by atoms with van der Waals surface area (Å²) in [7, 11) is 0. The van der Waals surface area contributed by atoms with Gasteiger partial charge < -0.3 is 10.5 Å². The highest BCUT2D eigenvalue weighted by atomic mass is 16.5. The zero-order valence-corrected chi connectivity index (χ0v) is 7.18. The lowest BCUT2D eigenvalue weighted by Crippen LogP contribution is -2.33. The summed E-state index contributed by atoms with van der Waals surface area (Å²) < 4.78 is 5.80. The molecule has 64 valence electrons. The minimum Gasteiger partial charge on any atom is -0.375 e. The Hall–Kier alpha value is -0.0800. The zero-order chi connectivity index (χ0) is 7.90. The molecule has 2 N–H and O–H groups in total. The van der Waals surface area contributed by atoms with Gasteiger partial charge in [-0.15, -0.1) is 0 Å². The van der Waals surface area contributed by atoms with Gasteiger partial charge in [0.1, 0.15) is 0 Å². The second kappa shape index (κ2) is 2.46. The average molecular weight is 155 g/mol. The summed E-state index contributed by atoms with van der Waals surface area (Å²) in [5, 5.41) is 0. The molecule has 0 amide bonds. The normalized spacial score (nSPS) is 49.6. The van der Waals surface area contributed by atoms with E-state index in [9.17, 15) is 0 Å². The second-order valence-electron chi connectivity index (χ2n) is 4.10. The van der Waals surface area contributed by atoms with Crippen molar-refractivity contribution in [2.75, 3.05) is 6.54 Å². The molecular formula is C9H17NO. The van der Waals surface area contributed by atoms with E-state index < -0.39 is 0 Å². The van der Waals surface area contributed by atoms with Crippen molar-refractivity contribution < 1.29 is 4.74 Å². The van der Waals surface area contributed by atoms with Gasteiger partial charge in [-0.05, 0) is 26.2 Å². The molecule has 1 heterocycles. The topological polar surface area (TPSA) is 35.2 Å². The van der Waals surface area contributed by atoms with Crippen molar-refractivity contribution in [3.05, 3.63) is 0 Å². The van der Waals surface area contributed by atoms with Gasteiger partial charge in [-0.2, -0.15) is 0 Å². The minimum atomic E-state index is 0.374. The van der Waals surface area contributed by atoms with Gasteiger partial charge in [-0.1, -0.05) is 6.42 Å². The third-order valence-electron chi connectivity index (χ3n) is 3.32. The number of hydrogen-bond acceptors (Lipinski definition) is 2. The molecule has 2 fully saturated rings. The Labute approximate surface area is 68.1 Å². The van der Waals surface area contributed by atoms with E-state index in [2.05, 4.69) is 6.92 Å². The molecule has 0 aromatic carbocycles. The second-order valence-corrected chi connectivity index (χ2v) is 4.10. The van der Waals surface area contributed by atoms with E-state index in [1.165, 1.54) is 25.7 Å². The van der Waals surface area contributed by atoms with Crippen LogP contribution in [0.3, 0.4) is 0 Å². The van der Waals surface area contributed by atoms with E-state index in [0.717, 1.165) is 6.54 Å². The van der Waals surface area contributed by atoms with Crippen molar-refractivity contribution in [3.8, 4) is 0 Å². The van der Waals surface area contributed by atoms with Crippen LogP contribution in [0.15, 0.2) is 0 Å². The van der Waals surface area contributed by atoms with E-state index in [-0.39, 0.29) is 0 Å². The monoisotopic (exact) mass is 155 g/mol. The van der Waals surface area contributed by atoms with E-state index in [0.29, 0.717) is 17.6 Å². The smallest absolute Gasteiger partial charge is 0.0648 e. The van der Waals surface area contributed by atoms with Crippen molar-refractivity contribution in [3.63, 3.8) is 0 Å². The summed E-state index contributed by atoms with van der Waals surface area (Å²) in [6, 6.07) is 0. The Bertz CT molecular complexity index is 160. The van der Waals surface area contributed by atoms with Gasteiger partial charge in [0.2, 0.25) is 0 Å². The number of ether oxygens (including phenoxy) is 1. The molecule has 2 nitrogen and oxygen atoms in total. The molecule has 0 unspecified atom stereocenters. The maximum absolute atomic E-state index is 5.80. The first-order valence-electron chi connectivity index (χ1n) is 4.62. The molecular weight excluding hydrogens is 138 g/mol. The van der Waals surface area contributed by atoms with Crippen molar-refractivity contribution in [1.29, 1.82) is 0 Å². The predicted octanol–water partition coefficient (Wildman–Crippen LogP) is 1.29. The van der Waals surface area contributed by atoms with Crippen LogP contribution in [0.2, 0.25) is 0 Å². The molecule has 0 radical (unpaired) electrons. The average Bonchev–Trinajstić information content (AvgIpc) is 2.43. The Kier molecular flexibility index (Phi) is 1.69. The summed E-state index contributed by atoms with van der Waals surface area (Å²) >= 11 is 0. The lowest BCUT2D eigenvalue weighted by atomic mass is 9.82. The third-order valence-corrected chi connectivity index (χ3v) is 3.32. The highest BCUT2D eigenvalue weighted by molar-refractivity contribution is 4.99. The third kappa shape index (κ3) is 1.00. The Morgan fingerprint density at radius 2 is 2.45 bits per heavy atom. The van der Waals surface area contributed by atoms with E-state index >= 15 is 0 Å². The van der Waals surface area contributed by atoms with Crippen molar-refractivity contribution in [2.24, 2.45) is 11.1 Å². The lowest BCUT2D eigenvalue weighted by Gasteiger charge is -2.24. The molecule has 1 aliphatic carbocycles. The minimum absolute atomic E-state index is 0.374. The molecule has 0 aromatic heterocycles. The van der Waals surface area contributed by atoms with Crippen LogP contribution in [-0.4, -0.2) is 18.8 Å². The Morgan fingerprint density at radius 1 is 1.64 bits per heavy atom. The van der Waals surface area contributed by atoms with Crippen LogP contribution >= 0.6 is 0 Å². The van der Waals surface area contributed by atoms with E-state index in [4.69, 9.17) is 10.5 Å². The van der Waals surface area contributed by atoms with Gasteiger partial charge in [0.25, 0.3) is 0 Å². The zero-order valence-electron chi connectivity index (χ0n) is 7.18. The standard InChI is InChI=1S/C9H17NO/c1-7-5-9(6-10)4-2-3-8(9)11-7/h7-8H,2-6,10H2,1H3/t7-,8+,9-/m1/s1. The molecule has 1 saturated heterocycles. The molecule has 1 aliphatic heterocycles. The van der Waals surface area contributed by atoms with Gasteiger partial charge in [0, 0.05) is 12.0 Å². The molecule has 0 aromatic rings. The number of hydrogen-bond donors (Lipinski definition) is 1. The Morgan fingerprint density at radius 3 is 3.09 bits per heavy atom. The summed E-state index contributed by atoms with van der Waals surface area (Å²) in [4.78, 5) is 0. The van der Waals surface area contributed by atoms with Crippen LogP contribution in [0.25, 0.3) is 0 Å². The first-order valence-corrected chi connectivity index (χ1v) is 4.62. The molecule has 3 atom stereocenters. The molecule has 0 spiro atoms. The molecule has 11 heavy (non-hydrogen) atoms. The summed E-state index contributed by atoms with van der Waals surface area (Å²) in [6.07, 6.45) is 5.97. The van der Waals surface area contributed by atoms with Crippen LogP contribution in [0.4, 0.5) is 0 Å². The van der Waals surface area contributed by atoms with E-state index in [1.54, 1.807) is 0 Å². The van der Waals surface area contributed by atoms with Crippen molar-refractivity contribution in [1.82, 2.24) is 0 Å². The van der Waals surface area contributed by atoms with Crippen LogP contribution in [0, 0.1) is 5.41 Å².